The van der Waals surface area contributed by atoms with E-state index in [9.17, 15) is 8.42 Å². The summed E-state index contributed by atoms with van der Waals surface area (Å²) >= 11 is 6.21. The Labute approximate surface area is 118 Å². The molecule has 0 radical (unpaired) electrons. The van der Waals surface area contributed by atoms with Gasteiger partial charge in [0.2, 0.25) is 10.0 Å². The minimum Gasteiger partial charge on any atom is -0.313 e. The van der Waals surface area contributed by atoms with E-state index in [1.54, 1.807) is 12.3 Å². The Balaban J connectivity index is 2.15. The highest BCUT2D eigenvalue weighted by molar-refractivity contribution is 7.88. The molecule has 7 heteroatoms. The number of nitrogens with zero attached hydrogens (tertiary/aromatic N) is 1. The van der Waals surface area contributed by atoms with Gasteiger partial charge < -0.3 is 5.32 Å². The van der Waals surface area contributed by atoms with Crippen LogP contribution in [0.1, 0.15) is 17.7 Å². The number of rotatable bonds is 4. The van der Waals surface area contributed by atoms with Crippen LogP contribution >= 0.6 is 11.6 Å². The van der Waals surface area contributed by atoms with Gasteiger partial charge >= 0.3 is 0 Å². The van der Waals surface area contributed by atoms with Crippen LogP contribution in [0.2, 0.25) is 5.02 Å². The highest BCUT2D eigenvalue weighted by Crippen LogP contribution is 2.25. The van der Waals surface area contributed by atoms with Crippen LogP contribution in [0.25, 0.3) is 5.57 Å². The maximum atomic E-state index is 11.0. The second kappa shape index (κ2) is 6.00. The molecular formula is C12H16ClN3O2S. The molecule has 1 aliphatic rings. The van der Waals surface area contributed by atoms with Gasteiger partial charge in [0.25, 0.3) is 0 Å². The van der Waals surface area contributed by atoms with Crippen LogP contribution in [0.3, 0.4) is 0 Å². The Hall–Kier alpha value is -0.950. The molecule has 2 rings (SSSR count). The number of hydrogen-bond acceptors (Lipinski definition) is 4. The third-order valence-electron chi connectivity index (χ3n) is 2.80. The Bertz CT molecular complexity index is 599. The summed E-state index contributed by atoms with van der Waals surface area (Å²) in [6.45, 7) is 1.94. The Morgan fingerprint density at radius 1 is 1.53 bits per heavy atom. The summed E-state index contributed by atoms with van der Waals surface area (Å²) < 4.78 is 24.5. The molecule has 0 unspecified atom stereocenters. The van der Waals surface area contributed by atoms with Crippen LogP contribution in [-0.4, -0.2) is 32.7 Å². The fraction of sp³-hybridized carbons (Fsp3) is 0.417. The molecule has 19 heavy (non-hydrogen) atoms. The van der Waals surface area contributed by atoms with Crippen LogP contribution in [0, 0.1) is 0 Å². The van der Waals surface area contributed by atoms with E-state index in [2.05, 4.69) is 21.1 Å². The van der Waals surface area contributed by atoms with Gasteiger partial charge in [-0.3, -0.25) is 4.98 Å². The third-order valence-corrected chi connectivity index (χ3v) is 3.76. The molecule has 1 aromatic heterocycles. The van der Waals surface area contributed by atoms with Gasteiger partial charge in [0.15, 0.2) is 0 Å². The lowest BCUT2D eigenvalue weighted by molar-refractivity contribution is 0.587. The minimum atomic E-state index is -3.21. The van der Waals surface area contributed by atoms with Crippen molar-refractivity contribution >= 4 is 27.2 Å². The molecule has 1 aliphatic heterocycles. The average molecular weight is 302 g/mol. The second-order valence-electron chi connectivity index (χ2n) is 4.45. The topological polar surface area (TPSA) is 71.1 Å². The lowest BCUT2D eigenvalue weighted by atomic mass is 10.0. The summed E-state index contributed by atoms with van der Waals surface area (Å²) in [6.07, 6.45) is 5.75. The van der Waals surface area contributed by atoms with Crippen molar-refractivity contribution in [3.63, 3.8) is 0 Å². The molecule has 0 saturated carbocycles. The van der Waals surface area contributed by atoms with Crippen LogP contribution in [-0.2, 0) is 16.6 Å². The van der Waals surface area contributed by atoms with Crippen molar-refractivity contribution in [2.75, 3.05) is 19.3 Å². The van der Waals surface area contributed by atoms with Gasteiger partial charge in [0.1, 0.15) is 0 Å². The van der Waals surface area contributed by atoms with Gasteiger partial charge in [-0.1, -0.05) is 17.7 Å². The smallest absolute Gasteiger partial charge is 0.209 e. The van der Waals surface area contributed by atoms with Gasteiger partial charge in [-0.05, 0) is 30.2 Å². The van der Waals surface area contributed by atoms with E-state index >= 15 is 0 Å². The van der Waals surface area contributed by atoms with Gasteiger partial charge in [-0.15, -0.1) is 0 Å². The highest BCUT2D eigenvalue weighted by atomic mass is 35.5. The first-order valence-electron chi connectivity index (χ1n) is 5.95. The van der Waals surface area contributed by atoms with E-state index in [4.69, 9.17) is 11.6 Å². The zero-order valence-electron chi connectivity index (χ0n) is 10.6. The Morgan fingerprint density at radius 3 is 2.89 bits per heavy atom. The van der Waals surface area contributed by atoms with Crippen molar-refractivity contribution < 1.29 is 8.42 Å². The quantitative estimate of drug-likeness (QED) is 0.875. The van der Waals surface area contributed by atoms with Crippen LogP contribution in [0.4, 0.5) is 0 Å². The molecule has 5 nitrogen and oxygen atoms in total. The summed E-state index contributed by atoms with van der Waals surface area (Å²) in [4.78, 5) is 4.34. The Kier molecular flexibility index (Phi) is 4.57. The van der Waals surface area contributed by atoms with Crippen LogP contribution in [0.5, 0.6) is 0 Å². The van der Waals surface area contributed by atoms with Gasteiger partial charge in [0, 0.05) is 19.3 Å². The molecule has 0 spiro atoms. The molecule has 0 bridgehead atoms. The number of halogens is 1. The van der Waals surface area contributed by atoms with Crippen molar-refractivity contribution in [1.29, 1.82) is 0 Å². The molecule has 2 heterocycles. The van der Waals surface area contributed by atoms with Crippen LogP contribution in [0.15, 0.2) is 18.3 Å². The molecule has 0 fully saturated rings. The van der Waals surface area contributed by atoms with E-state index in [-0.39, 0.29) is 6.54 Å². The number of hydrogen-bond donors (Lipinski definition) is 2. The summed E-state index contributed by atoms with van der Waals surface area (Å²) in [6, 6.07) is 1.75. The molecule has 1 aromatic rings. The molecule has 0 saturated heterocycles. The summed E-state index contributed by atoms with van der Waals surface area (Å²) in [7, 11) is -3.21. The van der Waals surface area contributed by atoms with E-state index in [1.165, 1.54) is 0 Å². The van der Waals surface area contributed by atoms with Crippen molar-refractivity contribution in [2.45, 2.75) is 13.0 Å². The fourth-order valence-electron chi connectivity index (χ4n) is 1.86. The lowest BCUT2D eigenvalue weighted by Crippen LogP contribution is -2.22. The third kappa shape index (κ3) is 4.28. The van der Waals surface area contributed by atoms with Crippen molar-refractivity contribution in [2.24, 2.45) is 0 Å². The highest BCUT2D eigenvalue weighted by Gasteiger charge is 2.12. The molecule has 104 valence electrons. The monoisotopic (exact) mass is 301 g/mol. The van der Waals surface area contributed by atoms with E-state index in [0.717, 1.165) is 42.6 Å². The van der Waals surface area contributed by atoms with Gasteiger partial charge in [0.05, 0.1) is 17.0 Å². The Morgan fingerprint density at radius 2 is 2.32 bits per heavy atom. The zero-order chi connectivity index (χ0) is 13.9. The standard InChI is InChI=1S/C12H16ClN3O2S/c1-19(17,18)16-8-9-6-11(13)12(15-7-9)10-2-4-14-5-3-10/h2,6-7,14,16H,3-5,8H2,1H3. The van der Waals surface area contributed by atoms with E-state index < -0.39 is 10.0 Å². The van der Waals surface area contributed by atoms with Gasteiger partial charge in [-0.2, -0.15) is 0 Å². The summed E-state index contributed by atoms with van der Waals surface area (Å²) in [5, 5.41) is 3.78. The maximum absolute atomic E-state index is 11.0. The molecule has 0 atom stereocenters. The number of aromatic nitrogens is 1. The summed E-state index contributed by atoms with van der Waals surface area (Å²) in [5.41, 5.74) is 2.66. The fourth-order valence-corrected chi connectivity index (χ4v) is 2.60. The largest absolute Gasteiger partial charge is 0.313 e. The zero-order valence-corrected chi connectivity index (χ0v) is 12.2. The minimum absolute atomic E-state index is 0.201. The normalized spacial score (nSPS) is 16.2. The average Bonchev–Trinajstić information content (AvgIpc) is 2.37. The number of sulfonamides is 1. The molecule has 0 amide bonds. The predicted octanol–water partition coefficient (Wildman–Crippen LogP) is 1.16. The maximum Gasteiger partial charge on any atom is 0.209 e. The number of nitrogens with one attached hydrogen (secondary N) is 2. The molecular weight excluding hydrogens is 286 g/mol. The first kappa shape index (κ1) is 14.5. The van der Waals surface area contributed by atoms with Crippen molar-refractivity contribution in [3.05, 3.63) is 34.6 Å². The SMILES string of the molecule is CS(=O)(=O)NCc1cnc(C2=CCNCC2)c(Cl)c1. The lowest BCUT2D eigenvalue weighted by Gasteiger charge is -2.15. The summed E-state index contributed by atoms with van der Waals surface area (Å²) in [5.74, 6) is 0. The second-order valence-corrected chi connectivity index (χ2v) is 6.69. The van der Waals surface area contributed by atoms with Crippen molar-refractivity contribution in [1.82, 2.24) is 15.0 Å². The first-order chi connectivity index (χ1) is 8.96. The number of pyridine rings is 1. The molecule has 0 aliphatic carbocycles. The van der Waals surface area contributed by atoms with Crippen molar-refractivity contribution in [3.8, 4) is 0 Å². The van der Waals surface area contributed by atoms with Gasteiger partial charge in [-0.25, -0.2) is 13.1 Å². The van der Waals surface area contributed by atoms with E-state index in [0.29, 0.717) is 5.02 Å². The van der Waals surface area contributed by atoms with E-state index in [1.807, 2.05) is 0 Å². The molecule has 2 N–H and O–H groups in total. The molecule has 0 aromatic carbocycles. The predicted molar refractivity (Wildman–Crippen MR) is 76.4 cm³/mol. The van der Waals surface area contributed by atoms with Crippen LogP contribution < -0.4 is 10.0 Å². The first-order valence-corrected chi connectivity index (χ1v) is 8.22.